The third kappa shape index (κ3) is 6.13. The molecule has 0 spiro atoms. The molecule has 0 radical (unpaired) electrons. The van der Waals surface area contributed by atoms with E-state index in [1.165, 1.54) is 11.8 Å². The molecule has 0 N–H and O–H groups in total. The molecule has 0 aliphatic carbocycles. The van der Waals surface area contributed by atoms with Crippen LogP contribution in [-0.4, -0.2) is 18.3 Å². The minimum atomic E-state index is -0.494. The molecule has 5 heteroatoms. The maximum atomic E-state index is 11.8. The van der Waals surface area contributed by atoms with Crippen molar-refractivity contribution in [2.24, 2.45) is 0 Å². The molecule has 0 aromatic heterocycles. The van der Waals surface area contributed by atoms with Crippen LogP contribution in [0.4, 0.5) is 0 Å². The molecule has 0 atom stereocenters. The van der Waals surface area contributed by atoms with E-state index < -0.39 is 5.97 Å². The van der Waals surface area contributed by atoms with Gasteiger partial charge in [-0.05, 0) is 37.0 Å². The topological polar surface area (TPSA) is 73.9 Å². The minimum absolute atomic E-state index is 0.0598. The molecule has 0 bridgehead atoms. The third-order valence-corrected chi connectivity index (χ3v) is 3.24. The predicted molar refractivity (Wildman–Crippen MR) is 76.0 cm³/mol. The van der Waals surface area contributed by atoms with Gasteiger partial charge in [0.2, 0.25) is 0 Å². The number of nitrogens with zero attached hydrogens (tertiary/aromatic N) is 2. The van der Waals surface area contributed by atoms with Crippen molar-refractivity contribution in [2.45, 2.75) is 33.6 Å². The molecule has 19 heavy (non-hydrogen) atoms. The Hall–Kier alpha value is -1.72. The van der Waals surface area contributed by atoms with Crippen LogP contribution in [0, 0.1) is 22.7 Å². The number of carbonyl (C=O) groups excluding carboxylic acids is 1. The van der Waals surface area contributed by atoms with E-state index in [4.69, 9.17) is 15.3 Å². The number of rotatable bonds is 7. The number of unbranched alkanes of at least 4 members (excludes halogenated alkanes) is 1. The molecule has 0 aromatic carbocycles. The molecule has 4 nitrogen and oxygen atoms in total. The van der Waals surface area contributed by atoms with Gasteiger partial charge >= 0.3 is 5.97 Å². The summed E-state index contributed by atoms with van der Waals surface area (Å²) in [5, 5.41) is 19.4. The van der Waals surface area contributed by atoms with Crippen LogP contribution >= 0.6 is 11.8 Å². The zero-order valence-corrected chi connectivity index (χ0v) is 12.3. The maximum absolute atomic E-state index is 11.8. The van der Waals surface area contributed by atoms with E-state index in [0.717, 1.165) is 18.6 Å². The van der Waals surface area contributed by atoms with Crippen molar-refractivity contribution in [3.05, 3.63) is 22.1 Å². The second-order valence-corrected chi connectivity index (χ2v) is 4.68. The lowest BCUT2D eigenvalue weighted by atomic mass is 10.0. The van der Waals surface area contributed by atoms with Gasteiger partial charge in [-0.2, -0.15) is 10.5 Å². The van der Waals surface area contributed by atoms with Crippen molar-refractivity contribution in [1.82, 2.24) is 0 Å². The fraction of sp³-hybridized carbons (Fsp3) is 0.500. The van der Waals surface area contributed by atoms with E-state index in [1.54, 1.807) is 31.4 Å². The first kappa shape index (κ1) is 17.3. The van der Waals surface area contributed by atoms with Crippen molar-refractivity contribution in [3.8, 4) is 12.1 Å². The Morgan fingerprint density at radius 1 is 1.32 bits per heavy atom. The van der Waals surface area contributed by atoms with Crippen molar-refractivity contribution in [1.29, 1.82) is 10.5 Å². The van der Waals surface area contributed by atoms with Crippen LogP contribution < -0.4 is 0 Å². The van der Waals surface area contributed by atoms with Crippen LogP contribution in [0.1, 0.15) is 33.6 Å². The first-order valence-electron chi connectivity index (χ1n) is 6.12. The van der Waals surface area contributed by atoms with E-state index in [2.05, 4.69) is 6.92 Å². The number of carbonyl (C=O) groups is 1. The van der Waals surface area contributed by atoms with Crippen molar-refractivity contribution < 1.29 is 9.53 Å². The third-order valence-electron chi connectivity index (χ3n) is 2.31. The predicted octanol–water partition coefficient (Wildman–Crippen LogP) is 3.33. The summed E-state index contributed by atoms with van der Waals surface area (Å²) in [6, 6.07) is 3.58. The fourth-order valence-electron chi connectivity index (χ4n) is 1.20. The molecule has 0 saturated carbocycles. The summed E-state index contributed by atoms with van der Waals surface area (Å²) in [6.45, 7) is 5.65. The Morgan fingerprint density at radius 2 is 1.95 bits per heavy atom. The Labute approximate surface area is 118 Å². The summed E-state index contributed by atoms with van der Waals surface area (Å²) >= 11 is 1.49. The lowest BCUT2D eigenvalue weighted by Gasteiger charge is -2.07. The fourth-order valence-corrected chi connectivity index (χ4v) is 2.21. The van der Waals surface area contributed by atoms with E-state index >= 15 is 0 Å². The summed E-state index contributed by atoms with van der Waals surface area (Å²) in [5.74, 6) is 0.396. The number of thioether (sulfide) groups is 1. The standard InChI is InChI=1S/C14H18N2O2S/c1-4-6-7-19-10-13(14(17)18-5-2)11(3)12(8-15)9-16/h10H,4-7H2,1-3H3/b13-10-. The molecule has 0 heterocycles. The normalized spacial score (nSPS) is 10.3. The number of allylic oxidation sites excluding steroid dienone is 1. The molecule has 0 unspecified atom stereocenters. The van der Waals surface area contributed by atoms with Gasteiger partial charge in [-0.1, -0.05) is 13.3 Å². The Balaban J connectivity index is 5.19. The van der Waals surface area contributed by atoms with Crippen molar-refractivity contribution >= 4 is 17.7 Å². The van der Waals surface area contributed by atoms with E-state index in [0.29, 0.717) is 11.1 Å². The van der Waals surface area contributed by atoms with Gasteiger partial charge in [-0.25, -0.2) is 4.79 Å². The van der Waals surface area contributed by atoms with Gasteiger partial charge in [-0.15, -0.1) is 11.8 Å². The van der Waals surface area contributed by atoms with Crippen LogP contribution in [0.5, 0.6) is 0 Å². The quantitative estimate of drug-likeness (QED) is 0.235. The maximum Gasteiger partial charge on any atom is 0.338 e. The monoisotopic (exact) mass is 278 g/mol. The highest BCUT2D eigenvalue weighted by atomic mass is 32.2. The number of hydrogen-bond acceptors (Lipinski definition) is 5. The summed E-state index contributed by atoms with van der Waals surface area (Å²) in [5.41, 5.74) is 0.601. The van der Waals surface area contributed by atoms with Gasteiger partial charge in [-0.3, -0.25) is 0 Å². The molecule has 0 fully saturated rings. The molecule has 0 aromatic rings. The lowest BCUT2D eigenvalue weighted by Crippen LogP contribution is -2.09. The molecule has 0 aliphatic rings. The molecule has 0 saturated heterocycles. The SMILES string of the molecule is CCCCS/C=C(\C(=O)OCC)C(C)=C(C#N)C#N. The van der Waals surface area contributed by atoms with Gasteiger partial charge in [0, 0.05) is 0 Å². The number of ether oxygens (including phenoxy) is 1. The highest BCUT2D eigenvalue weighted by Gasteiger charge is 2.16. The first-order chi connectivity index (χ1) is 9.12. The zero-order chi connectivity index (χ0) is 14.7. The zero-order valence-electron chi connectivity index (χ0n) is 11.5. The Morgan fingerprint density at radius 3 is 2.42 bits per heavy atom. The molecule has 0 amide bonds. The average Bonchev–Trinajstić information content (AvgIpc) is 2.40. The largest absolute Gasteiger partial charge is 0.462 e. The first-order valence-corrected chi connectivity index (χ1v) is 7.17. The van der Waals surface area contributed by atoms with Crippen LogP contribution in [0.25, 0.3) is 0 Å². The average molecular weight is 278 g/mol. The minimum Gasteiger partial charge on any atom is -0.462 e. The second kappa shape index (κ2) is 10.2. The van der Waals surface area contributed by atoms with E-state index in [9.17, 15) is 4.79 Å². The van der Waals surface area contributed by atoms with Gasteiger partial charge in [0.15, 0.2) is 0 Å². The van der Waals surface area contributed by atoms with E-state index in [1.807, 2.05) is 0 Å². The molecule has 0 rings (SSSR count). The molecular weight excluding hydrogens is 260 g/mol. The molecule has 0 aliphatic heterocycles. The van der Waals surface area contributed by atoms with Gasteiger partial charge in [0.25, 0.3) is 0 Å². The number of esters is 1. The Kier molecular flexibility index (Phi) is 9.30. The number of hydrogen-bond donors (Lipinski definition) is 0. The number of nitriles is 2. The van der Waals surface area contributed by atoms with Crippen molar-refractivity contribution in [2.75, 3.05) is 12.4 Å². The van der Waals surface area contributed by atoms with Gasteiger partial charge in [0.05, 0.1) is 12.2 Å². The molecule has 102 valence electrons. The summed E-state index contributed by atoms with van der Waals surface area (Å²) in [4.78, 5) is 11.8. The van der Waals surface area contributed by atoms with Crippen LogP contribution in [0.15, 0.2) is 22.1 Å². The summed E-state index contributed by atoms with van der Waals surface area (Å²) in [7, 11) is 0. The van der Waals surface area contributed by atoms with Gasteiger partial charge < -0.3 is 4.74 Å². The van der Waals surface area contributed by atoms with Crippen molar-refractivity contribution in [3.63, 3.8) is 0 Å². The smallest absolute Gasteiger partial charge is 0.338 e. The van der Waals surface area contributed by atoms with Gasteiger partial charge in [0.1, 0.15) is 17.7 Å². The lowest BCUT2D eigenvalue weighted by molar-refractivity contribution is -0.138. The Bertz CT molecular complexity index is 437. The van der Waals surface area contributed by atoms with Crippen LogP contribution in [0.3, 0.4) is 0 Å². The van der Waals surface area contributed by atoms with Crippen LogP contribution in [0.2, 0.25) is 0 Å². The highest BCUT2D eigenvalue weighted by molar-refractivity contribution is 8.02. The summed E-state index contributed by atoms with van der Waals surface area (Å²) in [6.07, 6.45) is 2.12. The van der Waals surface area contributed by atoms with Crippen LogP contribution in [-0.2, 0) is 9.53 Å². The second-order valence-electron chi connectivity index (χ2n) is 3.70. The summed E-state index contributed by atoms with van der Waals surface area (Å²) < 4.78 is 4.95. The van der Waals surface area contributed by atoms with E-state index in [-0.39, 0.29) is 12.2 Å². The molecular formula is C14H18N2O2S. The highest BCUT2D eigenvalue weighted by Crippen LogP contribution is 2.20.